The monoisotopic (exact) mass is 283 g/mol. The SMILES string of the molecule is Clc1ccc(CNc2cccc(-n3cccn3)c2)cc1. The minimum absolute atomic E-state index is 0.759. The molecule has 0 spiro atoms. The molecule has 0 aliphatic rings. The number of benzene rings is 2. The fourth-order valence-corrected chi connectivity index (χ4v) is 2.11. The molecule has 3 rings (SSSR count). The molecule has 0 saturated carbocycles. The van der Waals surface area contributed by atoms with Gasteiger partial charge in [-0.2, -0.15) is 5.10 Å². The zero-order valence-electron chi connectivity index (χ0n) is 10.8. The first-order valence-corrected chi connectivity index (χ1v) is 6.77. The fourth-order valence-electron chi connectivity index (χ4n) is 1.99. The number of aromatic nitrogens is 2. The summed E-state index contributed by atoms with van der Waals surface area (Å²) < 4.78 is 1.84. The van der Waals surface area contributed by atoms with E-state index in [-0.39, 0.29) is 0 Å². The van der Waals surface area contributed by atoms with Crippen LogP contribution >= 0.6 is 11.6 Å². The number of halogens is 1. The first-order valence-electron chi connectivity index (χ1n) is 6.40. The molecule has 0 aliphatic heterocycles. The summed E-state index contributed by atoms with van der Waals surface area (Å²) in [6.45, 7) is 0.764. The maximum absolute atomic E-state index is 5.88. The van der Waals surface area contributed by atoms with Gasteiger partial charge in [-0.15, -0.1) is 0 Å². The summed E-state index contributed by atoms with van der Waals surface area (Å²) in [7, 11) is 0. The summed E-state index contributed by atoms with van der Waals surface area (Å²) in [6, 6.07) is 17.9. The Morgan fingerprint density at radius 2 is 1.90 bits per heavy atom. The van der Waals surface area contributed by atoms with Gasteiger partial charge in [0.05, 0.1) is 5.69 Å². The maximum Gasteiger partial charge on any atom is 0.0666 e. The maximum atomic E-state index is 5.88. The van der Waals surface area contributed by atoms with Crippen LogP contribution in [0.1, 0.15) is 5.56 Å². The van der Waals surface area contributed by atoms with E-state index in [1.807, 2.05) is 59.4 Å². The number of rotatable bonds is 4. The highest BCUT2D eigenvalue weighted by Gasteiger charge is 1.99. The largest absolute Gasteiger partial charge is 0.381 e. The predicted molar refractivity (Wildman–Crippen MR) is 82.3 cm³/mol. The molecule has 0 amide bonds. The second-order valence-electron chi connectivity index (χ2n) is 4.48. The molecular weight excluding hydrogens is 270 g/mol. The van der Waals surface area contributed by atoms with Crippen LogP contribution in [-0.2, 0) is 6.54 Å². The first-order chi connectivity index (χ1) is 9.81. The normalized spacial score (nSPS) is 10.4. The van der Waals surface area contributed by atoms with E-state index in [0.29, 0.717) is 0 Å². The molecular formula is C16H14ClN3. The number of nitrogens with one attached hydrogen (secondary N) is 1. The molecule has 0 bridgehead atoms. The van der Waals surface area contributed by atoms with E-state index in [0.717, 1.165) is 22.9 Å². The highest BCUT2D eigenvalue weighted by atomic mass is 35.5. The molecule has 1 aromatic heterocycles. The van der Waals surface area contributed by atoms with Crippen molar-refractivity contribution >= 4 is 17.3 Å². The van der Waals surface area contributed by atoms with Crippen LogP contribution < -0.4 is 5.32 Å². The second kappa shape index (κ2) is 5.80. The highest BCUT2D eigenvalue weighted by Crippen LogP contribution is 2.16. The van der Waals surface area contributed by atoms with Crippen molar-refractivity contribution in [2.24, 2.45) is 0 Å². The topological polar surface area (TPSA) is 29.9 Å². The van der Waals surface area contributed by atoms with Crippen LogP contribution in [0.4, 0.5) is 5.69 Å². The molecule has 3 nitrogen and oxygen atoms in total. The lowest BCUT2D eigenvalue weighted by Gasteiger charge is -2.09. The van der Waals surface area contributed by atoms with Crippen molar-refractivity contribution < 1.29 is 0 Å². The van der Waals surface area contributed by atoms with Crippen LogP contribution in [0.15, 0.2) is 67.0 Å². The molecule has 0 atom stereocenters. The van der Waals surface area contributed by atoms with Crippen molar-refractivity contribution in [3.8, 4) is 5.69 Å². The van der Waals surface area contributed by atoms with Gasteiger partial charge < -0.3 is 5.32 Å². The number of hydrogen-bond acceptors (Lipinski definition) is 2. The van der Waals surface area contributed by atoms with Gasteiger partial charge in [-0.1, -0.05) is 29.8 Å². The van der Waals surface area contributed by atoms with Crippen LogP contribution in [0.2, 0.25) is 5.02 Å². The van der Waals surface area contributed by atoms with E-state index in [4.69, 9.17) is 11.6 Å². The van der Waals surface area contributed by atoms with Crippen molar-refractivity contribution in [1.29, 1.82) is 0 Å². The Bertz CT molecular complexity index is 675. The molecule has 0 aliphatic carbocycles. The molecule has 20 heavy (non-hydrogen) atoms. The quantitative estimate of drug-likeness (QED) is 0.780. The van der Waals surface area contributed by atoms with E-state index < -0.39 is 0 Å². The smallest absolute Gasteiger partial charge is 0.0666 e. The number of hydrogen-bond donors (Lipinski definition) is 1. The standard InChI is InChI=1S/C16H14ClN3/c17-14-7-5-13(6-8-14)12-18-15-3-1-4-16(11-15)20-10-2-9-19-20/h1-11,18H,12H2. The predicted octanol–water partition coefficient (Wildman–Crippen LogP) is 4.14. The lowest BCUT2D eigenvalue weighted by Crippen LogP contribution is -2.01. The summed E-state index contributed by atoms with van der Waals surface area (Å²) in [5, 5.41) is 8.39. The Morgan fingerprint density at radius 3 is 2.65 bits per heavy atom. The van der Waals surface area contributed by atoms with Gasteiger partial charge in [0.1, 0.15) is 0 Å². The Labute approximate surface area is 122 Å². The van der Waals surface area contributed by atoms with Gasteiger partial charge in [0.2, 0.25) is 0 Å². The summed E-state index contributed by atoms with van der Waals surface area (Å²) in [5.74, 6) is 0. The van der Waals surface area contributed by atoms with Crippen molar-refractivity contribution in [1.82, 2.24) is 9.78 Å². The van der Waals surface area contributed by atoms with Gasteiger partial charge >= 0.3 is 0 Å². The zero-order valence-corrected chi connectivity index (χ0v) is 11.6. The summed E-state index contributed by atoms with van der Waals surface area (Å²) in [4.78, 5) is 0. The van der Waals surface area contributed by atoms with Gasteiger partial charge in [-0.3, -0.25) is 0 Å². The highest BCUT2D eigenvalue weighted by molar-refractivity contribution is 6.30. The van der Waals surface area contributed by atoms with Gasteiger partial charge in [-0.05, 0) is 42.0 Å². The van der Waals surface area contributed by atoms with Crippen LogP contribution in [0.5, 0.6) is 0 Å². The van der Waals surface area contributed by atoms with Crippen molar-refractivity contribution in [3.05, 3.63) is 77.6 Å². The summed E-state index contributed by atoms with van der Waals surface area (Å²) in [6.07, 6.45) is 3.70. The Hall–Kier alpha value is -2.26. The lowest BCUT2D eigenvalue weighted by molar-refractivity contribution is 0.880. The van der Waals surface area contributed by atoms with E-state index in [2.05, 4.69) is 16.5 Å². The second-order valence-corrected chi connectivity index (χ2v) is 4.92. The third-order valence-electron chi connectivity index (χ3n) is 3.02. The minimum Gasteiger partial charge on any atom is -0.381 e. The molecule has 0 saturated heterocycles. The lowest BCUT2D eigenvalue weighted by atomic mass is 10.2. The third-order valence-corrected chi connectivity index (χ3v) is 3.28. The molecule has 2 aromatic carbocycles. The molecule has 0 unspecified atom stereocenters. The van der Waals surface area contributed by atoms with Gasteiger partial charge in [0, 0.05) is 29.6 Å². The average Bonchev–Trinajstić information content (AvgIpc) is 3.01. The first kappa shape index (κ1) is 12.8. The van der Waals surface area contributed by atoms with Gasteiger partial charge in [0.15, 0.2) is 0 Å². The minimum atomic E-state index is 0.759. The molecule has 1 heterocycles. The van der Waals surface area contributed by atoms with Crippen molar-refractivity contribution in [2.45, 2.75) is 6.54 Å². The molecule has 100 valence electrons. The van der Waals surface area contributed by atoms with Crippen LogP contribution in [0.3, 0.4) is 0 Å². The van der Waals surface area contributed by atoms with Gasteiger partial charge in [-0.25, -0.2) is 4.68 Å². The average molecular weight is 284 g/mol. The van der Waals surface area contributed by atoms with E-state index >= 15 is 0 Å². The molecule has 4 heteroatoms. The molecule has 0 fully saturated rings. The number of nitrogens with zero attached hydrogens (tertiary/aromatic N) is 2. The summed E-state index contributed by atoms with van der Waals surface area (Å²) in [5.41, 5.74) is 3.29. The van der Waals surface area contributed by atoms with E-state index in [9.17, 15) is 0 Å². The number of anilines is 1. The fraction of sp³-hybridized carbons (Fsp3) is 0.0625. The molecule has 1 N–H and O–H groups in total. The van der Waals surface area contributed by atoms with Crippen LogP contribution in [-0.4, -0.2) is 9.78 Å². The summed E-state index contributed by atoms with van der Waals surface area (Å²) >= 11 is 5.88. The zero-order chi connectivity index (χ0) is 13.8. The van der Waals surface area contributed by atoms with Crippen molar-refractivity contribution in [3.63, 3.8) is 0 Å². The van der Waals surface area contributed by atoms with Crippen LogP contribution in [0, 0.1) is 0 Å². The Balaban J connectivity index is 1.72. The van der Waals surface area contributed by atoms with Crippen molar-refractivity contribution in [2.75, 3.05) is 5.32 Å². The molecule has 3 aromatic rings. The Morgan fingerprint density at radius 1 is 1.05 bits per heavy atom. The van der Waals surface area contributed by atoms with Gasteiger partial charge in [0.25, 0.3) is 0 Å². The van der Waals surface area contributed by atoms with Crippen LogP contribution in [0.25, 0.3) is 5.69 Å². The third kappa shape index (κ3) is 3.00. The Kier molecular flexibility index (Phi) is 3.70. The molecule has 0 radical (unpaired) electrons. The van der Waals surface area contributed by atoms with E-state index in [1.54, 1.807) is 6.20 Å². The van der Waals surface area contributed by atoms with E-state index in [1.165, 1.54) is 5.56 Å².